The lowest BCUT2D eigenvalue weighted by Gasteiger charge is -2.14. The van der Waals surface area contributed by atoms with Gasteiger partial charge in [0.05, 0.1) is 6.61 Å². The van der Waals surface area contributed by atoms with Crippen molar-refractivity contribution in [3.05, 3.63) is 41.0 Å². The molecule has 19 heavy (non-hydrogen) atoms. The highest BCUT2D eigenvalue weighted by atomic mass is 16.5. The zero-order valence-electron chi connectivity index (χ0n) is 12.6. The van der Waals surface area contributed by atoms with Crippen LogP contribution in [0.2, 0.25) is 0 Å². The van der Waals surface area contributed by atoms with Crippen LogP contribution in [0.1, 0.15) is 63.1 Å². The SMILES string of the molecule is CCOC(=O)/C=C/c1ccc(C(C)C)cc1C(C)C. The Morgan fingerprint density at radius 2 is 1.89 bits per heavy atom. The van der Waals surface area contributed by atoms with Crippen molar-refractivity contribution in [2.45, 2.75) is 46.5 Å². The lowest BCUT2D eigenvalue weighted by Crippen LogP contribution is -2.00. The van der Waals surface area contributed by atoms with Gasteiger partial charge in [0, 0.05) is 6.08 Å². The number of rotatable bonds is 5. The molecule has 104 valence electrons. The van der Waals surface area contributed by atoms with Crippen molar-refractivity contribution in [3.63, 3.8) is 0 Å². The van der Waals surface area contributed by atoms with E-state index in [1.165, 1.54) is 17.2 Å². The van der Waals surface area contributed by atoms with E-state index in [9.17, 15) is 4.79 Å². The van der Waals surface area contributed by atoms with Crippen molar-refractivity contribution in [2.24, 2.45) is 0 Å². The molecule has 2 heteroatoms. The summed E-state index contributed by atoms with van der Waals surface area (Å²) in [6, 6.07) is 6.45. The zero-order valence-corrected chi connectivity index (χ0v) is 12.6. The van der Waals surface area contributed by atoms with Crippen LogP contribution in [0.25, 0.3) is 6.08 Å². The van der Waals surface area contributed by atoms with Gasteiger partial charge in [-0.2, -0.15) is 0 Å². The molecule has 0 N–H and O–H groups in total. The molecule has 0 unspecified atom stereocenters. The summed E-state index contributed by atoms with van der Waals surface area (Å²) >= 11 is 0. The average molecular weight is 260 g/mol. The first-order chi connectivity index (χ1) is 8.95. The third-order valence-corrected chi connectivity index (χ3v) is 3.09. The van der Waals surface area contributed by atoms with Crippen LogP contribution in [0.15, 0.2) is 24.3 Å². The van der Waals surface area contributed by atoms with Crippen LogP contribution in [0.5, 0.6) is 0 Å². The van der Waals surface area contributed by atoms with Gasteiger partial charge in [-0.15, -0.1) is 0 Å². The molecule has 0 radical (unpaired) electrons. The van der Waals surface area contributed by atoms with Crippen LogP contribution in [0.4, 0.5) is 0 Å². The van der Waals surface area contributed by atoms with Crippen LogP contribution < -0.4 is 0 Å². The third-order valence-electron chi connectivity index (χ3n) is 3.09. The molecule has 0 amide bonds. The fraction of sp³-hybridized carbons (Fsp3) is 0.471. The van der Waals surface area contributed by atoms with Crippen LogP contribution in [0.3, 0.4) is 0 Å². The average Bonchev–Trinajstić information content (AvgIpc) is 2.36. The maximum Gasteiger partial charge on any atom is 0.330 e. The summed E-state index contributed by atoms with van der Waals surface area (Å²) in [6.07, 6.45) is 3.34. The topological polar surface area (TPSA) is 26.3 Å². The van der Waals surface area contributed by atoms with Gasteiger partial charge in [0.15, 0.2) is 0 Å². The van der Waals surface area contributed by atoms with Crippen molar-refractivity contribution in [1.82, 2.24) is 0 Å². The normalized spacial score (nSPS) is 11.5. The Balaban J connectivity index is 3.03. The van der Waals surface area contributed by atoms with E-state index in [0.717, 1.165) is 5.56 Å². The van der Waals surface area contributed by atoms with E-state index in [4.69, 9.17) is 4.74 Å². The number of carbonyl (C=O) groups excluding carboxylic acids is 1. The molecule has 0 aliphatic heterocycles. The molecule has 0 aliphatic carbocycles. The number of ether oxygens (including phenoxy) is 1. The van der Waals surface area contributed by atoms with E-state index < -0.39 is 0 Å². The Kier molecular flexibility index (Phi) is 5.81. The van der Waals surface area contributed by atoms with Crippen molar-refractivity contribution in [2.75, 3.05) is 6.61 Å². The Morgan fingerprint density at radius 3 is 2.42 bits per heavy atom. The number of esters is 1. The van der Waals surface area contributed by atoms with E-state index in [1.807, 2.05) is 13.0 Å². The van der Waals surface area contributed by atoms with E-state index in [0.29, 0.717) is 18.4 Å². The van der Waals surface area contributed by atoms with Gasteiger partial charge in [0.2, 0.25) is 0 Å². The molecule has 0 atom stereocenters. The molecule has 0 saturated heterocycles. The Hall–Kier alpha value is -1.57. The van der Waals surface area contributed by atoms with Crippen LogP contribution in [-0.2, 0) is 9.53 Å². The van der Waals surface area contributed by atoms with Crippen molar-refractivity contribution in [1.29, 1.82) is 0 Å². The molecule has 0 heterocycles. The minimum atomic E-state index is -0.287. The van der Waals surface area contributed by atoms with Gasteiger partial charge in [0.25, 0.3) is 0 Å². The molecular formula is C17H24O2. The maximum absolute atomic E-state index is 11.4. The minimum Gasteiger partial charge on any atom is -0.463 e. The van der Waals surface area contributed by atoms with E-state index in [1.54, 1.807) is 0 Å². The van der Waals surface area contributed by atoms with Gasteiger partial charge in [-0.25, -0.2) is 4.79 Å². The van der Waals surface area contributed by atoms with Crippen LogP contribution >= 0.6 is 0 Å². The number of benzene rings is 1. The van der Waals surface area contributed by atoms with Crippen molar-refractivity contribution in [3.8, 4) is 0 Å². The first-order valence-electron chi connectivity index (χ1n) is 6.94. The summed E-state index contributed by atoms with van der Waals surface area (Å²) < 4.78 is 4.90. The van der Waals surface area contributed by atoms with Gasteiger partial charge in [-0.3, -0.25) is 0 Å². The molecule has 2 nitrogen and oxygen atoms in total. The molecule has 0 spiro atoms. The fourth-order valence-electron chi connectivity index (χ4n) is 1.95. The molecular weight excluding hydrogens is 236 g/mol. The second kappa shape index (κ2) is 7.13. The van der Waals surface area contributed by atoms with Crippen molar-refractivity contribution >= 4 is 12.0 Å². The molecule has 0 fully saturated rings. The highest BCUT2D eigenvalue weighted by molar-refractivity contribution is 5.87. The second-order valence-corrected chi connectivity index (χ2v) is 5.28. The van der Waals surface area contributed by atoms with Gasteiger partial charge in [-0.1, -0.05) is 45.9 Å². The standard InChI is InChI=1S/C17H24O2/c1-6-19-17(18)10-9-14-7-8-15(12(2)3)11-16(14)13(4)5/h7-13H,6H2,1-5H3/b10-9+. The Bertz CT molecular complexity index is 456. The van der Waals surface area contributed by atoms with E-state index in [2.05, 4.69) is 45.9 Å². The number of hydrogen-bond acceptors (Lipinski definition) is 2. The second-order valence-electron chi connectivity index (χ2n) is 5.28. The molecule has 1 aromatic carbocycles. The summed E-state index contributed by atoms with van der Waals surface area (Å²) in [4.78, 5) is 11.4. The molecule has 0 bridgehead atoms. The van der Waals surface area contributed by atoms with Crippen molar-refractivity contribution < 1.29 is 9.53 Å². The molecule has 0 aromatic heterocycles. The molecule has 0 aliphatic rings. The van der Waals surface area contributed by atoms with Gasteiger partial charge >= 0.3 is 5.97 Å². The summed E-state index contributed by atoms with van der Waals surface area (Å²) in [5.74, 6) is 0.659. The number of hydrogen-bond donors (Lipinski definition) is 0. The Morgan fingerprint density at radius 1 is 1.21 bits per heavy atom. The van der Waals surface area contributed by atoms with E-state index >= 15 is 0 Å². The lowest BCUT2D eigenvalue weighted by atomic mass is 9.91. The molecule has 1 aromatic rings. The van der Waals surface area contributed by atoms with Gasteiger partial charge in [0.1, 0.15) is 0 Å². The predicted octanol–water partition coefficient (Wildman–Crippen LogP) is 4.51. The highest BCUT2D eigenvalue weighted by Gasteiger charge is 2.08. The summed E-state index contributed by atoms with van der Waals surface area (Å²) in [6.45, 7) is 10.9. The lowest BCUT2D eigenvalue weighted by molar-refractivity contribution is -0.137. The van der Waals surface area contributed by atoms with E-state index in [-0.39, 0.29) is 5.97 Å². The predicted molar refractivity (Wildman–Crippen MR) is 80.3 cm³/mol. The monoisotopic (exact) mass is 260 g/mol. The van der Waals surface area contributed by atoms with Crippen LogP contribution in [-0.4, -0.2) is 12.6 Å². The van der Waals surface area contributed by atoms with Crippen LogP contribution in [0, 0.1) is 0 Å². The molecule has 1 rings (SSSR count). The Labute approximate surface area is 116 Å². The summed E-state index contributed by atoms with van der Waals surface area (Å²) in [5.41, 5.74) is 3.69. The minimum absolute atomic E-state index is 0.287. The summed E-state index contributed by atoms with van der Waals surface area (Å²) in [7, 11) is 0. The third kappa shape index (κ3) is 4.55. The van der Waals surface area contributed by atoms with Gasteiger partial charge < -0.3 is 4.74 Å². The fourth-order valence-corrected chi connectivity index (χ4v) is 1.95. The highest BCUT2D eigenvalue weighted by Crippen LogP contribution is 2.25. The smallest absolute Gasteiger partial charge is 0.330 e. The first-order valence-corrected chi connectivity index (χ1v) is 6.94. The van der Waals surface area contributed by atoms with Gasteiger partial charge in [-0.05, 0) is 41.5 Å². The zero-order chi connectivity index (χ0) is 14.4. The first kappa shape index (κ1) is 15.5. The largest absolute Gasteiger partial charge is 0.463 e. The summed E-state index contributed by atoms with van der Waals surface area (Å²) in [5, 5.41) is 0. The quantitative estimate of drug-likeness (QED) is 0.575. The molecule has 0 saturated carbocycles. The maximum atomic E-state index is 11.4. The number of carbonyl (C=O) groups is 1.